The van der Waals surface area contributed by atoms with E-state index in [2.05, 4.69) is 36.3 Å². The third kappa shape index (κ3) is 4.82. The van der Waals surface area contributed by atoms with E-state index in [-0.39, 0.29) is 5.82 Å². The van der Waals surface area contributed by atoms with Gasteiger partial charge in [0, 0.05) is 36.8 Å². The van der Waals surface area contributed by atoms with Crippen molar-refractivity contribution in [2.24, 2.45) is 10.7 Å². The molecule has 1 fully saturated rings. The van der Waals surface area contributed by atoms with Crippen LogP contribution < -0.4 is 16.0 Å². The monoisotopic (exact) mass is 420 g/mol. The number of rotatable bonds is 5. The number of piperidine rings is 1. The highest BCUT2D eigenvalue weighted by molar-refractivity contribution is 6.10. The number of nitrogens with two attached hydrogens (primary N) is 1. The normalized spacial score (nSPS) is 20.3. The number of nitrogens with one attached hydrogen (secondary N) is 1. The van der Waals surface area contributed by atoms with Gasteiger partial charge in [0.05, 0.1) is 6.04 Å². The lowest BCUT2D eigenvalue weighted by atomic mass is 9.85. The third-order valence-electron chi connectivity index (χ3n) is 6.75. The number of nitrogens with zero attached hydrogens (tertiary/aromatic N) is 2. The number of allylic oxidation sites excluding steroid dienone is 1. The van der Waals surface area contributed by atoms with E-state index in [1.165, 1.54) is 22.9 Å². The zero-order valence-electron chi connectivity index (χ0n) is 18.6. The number of aliphatic imine (C=N–C) groups is 1. The van der Waals surface area contributed by atoms with E-state index in [0.29, 0.717) is 18.5 Å². The number of hydrogen-bond donors (Lipinski definition) is 2. The summed E-state index contributed by atoms with van der Waals surface area (Å²) in [7, 11) is 2.16. The van der Waals surface area contributed by atoms with Gasteiger partial charge in [0.2, 0.25) is 0 Å². The van der Waals surface area contributed by atoms with Gasteiger partial charge in [0.1, 0.15) is 5.82 Å². The van der Waals surface area contributed by atoms with Gasteiger partial charge in [-0.1, -0.05) is 18.2 Å². The zero-order valence-corrected chi connectivity index (χ0v) is 18.6. The summed E-state index contributed by atoms with van der Waals surface area (Å²) in [5.74, 6) is -0.198. The first-order chi connectivity index (χ1) is 15.1. The first-order valence-corrected chi connectivity index (χ1v) is 11.3. The second kappa shape index (κ2) is 9.65. The lowest BCUT2D eigenvalue weighted by molar-refractivity contribution is 0.461. The molecule has 5 heteroatoms. The van der Waals surface area contributed by atoms with Crippen molar-refractivity contribution < 1.29 is 4.39 Å². The molecule has 2 heterocycles. The second-order valence-corrected chi connectivity index (χ2v) is 8.78. The van der Waals surface area contributed by atoms with Crippen molar-refractivity contribution in [3.05, 3.63) is 70.7 Å². The fourth-order valence-corrected chi connectivity index (χ4v) is 4.74. The van der Waals surface area contributed by atoms with E-state index in [0.717, 1.165) is 55.5 Å². The number of hydrogen-bond acceptors (Lipinski definition) is 4. The van der Waals surface area contributed by atoms with Crippen LogP contribution in [-0.2, 0) is 12.8 Å². The van der Waals surface area contributed by atoms with Crippen LogP contribution in [0.4, 0.5) is 10.1 Å². The van der Waals surface area contributed by atoms with E-state index >= 15 is 0 Å². The molecule has 0 aliphatic carbocycles. The molecular weight excluding hydrogens is 387 g/mol. The summed E-state index contributed by atoms with van der Waals surface area (Å²) < 4.78 is 13.9. The maximum atomic E-state index is 13.9. The number of anilines is 1. The van der Waals surface area contributed by atoms with Crippen LogP contribution in [0.3, 0.4) is 0 Å². The molecule has 0 bridgehead atoms. The fourth-order valence-electron chi connectivity index (χ4n) is 4.74. The Labute approximate surface area is 185 Å². The summed E-state index contributed by atoms with van der Waals surface area (Å²) in [5.41, 5.74) is 13.0. The van der Waals surface area contributed by atoms with Crippen LogP contribution in [0.15, 0.2) is 47.6 Å². The summed E-state index contributed by atoms with van der Waals surface area (Å²) in [6.07, 6.45) is 8.51. The Hall–Kier alpha value is -2.66. The molecule has 164 valence electrons. The summed E-state index contributed by atoms with van der Waals surface area (Å²) in [5, 5.41) is 3.38. The van der Waals surface area contributed by atoms with Gasteiger partial charge in [-0.2, -0.15) is 0 Å². The minimum absolute atomic E-state index is 0.198. The highest BCUT2D eigenvalue weighted by Gasteiger charge is 2.24. The SMILES string of the molecule is CC1CCc2c(ccc(C(C=NC3CCNCC3)=CN)c2Cc2cccc(F)c2)N1C. The molecule has 0 spiro atoms. The van der Waals surface area contributed by atoms with Crippen molar-refractivity contribution in [3.8, 4) is 0 Å². The fraction of sp³-hybridized carbons (Fsp3) is 0.423. The van der Waals surface area contributed by atoms with Crippen LogP contribution in [0.2, 0.25) is 0 Å². The molecule has 1 saturated heterocycles. The largest absolute Gasteiger partial charge is 0.404 e. The average Bonchev–Trinajstić information content (AvgIpc) is 2.78. The standard InChI is InChI=1S/C26H33FN4/c1-18-6-7-24-25(15-19-4-3-5-21(27)14-19)23(8-9-26(24)31(18)2)20(16-28)17-30-22-10-12-29-13-11-22/h3-5,8-9,14,16-18,22,29H,6-7,10-13,15,28H2,1-2H3. The van der Waals surface area contributed by atoms with Gasteiger partial charge in [-0.15, -0.1) is 0 Å². The number of benzene rings is 2. The molecule has 1 atom stereocenters. The Morgan fingerprint density at radius 2 is 2.03 bits per heavy atom. The number of fused-ring (bicyclic) bond motifs is 1. The van der Waals surface area contributed by atoms with Crippen LogP contribution in [-0.4, -0.2) is 38.4 Å². The minimum Gasteiger partial charge on any atom is -0.404 e. The van der Waals surface area contributed by atoms with E-state index in [4.69, 9.17) is 10.7 Å². The molecule has 0 saturated carbocycles. The van der Waals surface area contributed by atoms with E-state index in [1.54, 1.807) is 18.3 Å². The van der Waals surface area contributed by atoms with Gasteiger partial charge in [-0.3, -0.25) is 4.99 Å². The van der Waals surface area contributed by atoms with Gasteiger partial charge in [-0.25, -0.2) is 4.39 Å². The third-order valence-corrected chi connectivity index (χ3v) is 6.75. The van der Waals surface area contributed by atoms with E-state index in [1.807, 2.05) is 12.3 Å². The summed E-state index contributed by atoms with van der Waals surface area (Å²) in [6, 6.07) is 12.1. The maximum absolute atomic E-state index is 13.9. The van der Waals surface area contributed by atoms with Crippen molar-refractivity contribution in [3.63, 3.8) is 0 Å². The first-order valence-electron chi connectivity index (χ1n) is 11.3. The number of halogens is 1. The van der Waals surface area contributed by atoms with Crippen LogP contribution >= 0.6 is 0 Å². The molecule has 3 N–H and O–H groups in total. The molecule has 0 aromatic heterocycles. The Kier molecular flexibility index (Phi) is 6.71. The van der Waals surface area contributed by atoms with Crippen molar-refractivity contribution >= 4 is 17.5 Å². The molecule has 31 heavy (non-hydrogen) atoms. The molecular formula is C26H33FN4. The molecule has 4 nitrogen and oxygen atoms in total. The molecule has 2 aromatic rings. The van der Waals surface area contributed by atoms with Crippen molar-refractivity contribution in [2.45, 2.75) is 51.1 Å². The van der Waals surface area contributed by atoms with Crippen molar-refractivity contribution in [1.82, 2.24) is 5.32 Å². The molecule has 2 aliphatic heterocycles. The molecule has 4 rings (SSSR count). The molecule has 1 unspecified atom stereocenters. The van der Waals surface area contributed by atoms with Gasteiger partial charge in [0.25, 0.3) is 0 Å². The average molecular weight is 421 g/mol. The maximum Gasteiger partial charge on any atom is 0.123 e. The van der Waals surface area contributed by atoms with Gasteiger partial charge >= 0.3 is 0 Å². The van der Waals surface area contributed by atoms with Gasteiger partial charge < -0.3 is 16.0 Å². The van der Waals surface area contributed by atoms with Crippen molar-refractivity contribution in [2.75, 3.05) is 25.0 Å². The van der Waals surface area contributed by atoms with Crippen molar-refractivity contribution in [1.29, 1.82) is 0 Å². The van der Waals surface area contributed by atoms with E-state index < -0.39 is 0 Å². The Balaban J connectivity index is 1.74. The van der Waals surface area contributed by atoms with Crippen LogP contribution in [0.25, 0.3) is 5.57 Å². The summed E-state index contributed by atoms with van der Waals surface area (Å²) in [4.78, 5) is 7.20. The van der Waals surface area contributed by atoms with Crippen LogP contribution in [0, 0.1) is 5.82 Å². The van der Waals surface area contributed by atoms with Gasteiger partial charge in [0.15, 0.2) is 0 Å². The predicted molar refractivity (Wildman–Crippen MR) is 128 cm³/mol. The Morgan fingerprint density at radius 1 is 1.23 bits per heavy atom. The first kappa shape index (κ1) is 21.6. The topological polar surface area (TPSA) is 53.6 Å². The summed E-state index contributed by atoms with van der Waals surface area (Å²) >= 11 is 0. The quantitative estimate of drug-likeness (QED) is 0.709. The second-order valence-electron chi connectivity index (χ2n) is 8.78. The van der Waals surface area contributed by atoms with Crippen LogP contribution in [0.5, 0.6) is 0 Å². The minimum atomic E-state index is -0.198. The zero-order chi connectivity index (χ0) is 21.8. The van der Waals surface area contributed by atoms with E-state index in [9.17, 15) is 4.39 Å². The summed E-state index contributed by atoms with van der Waals surface area (Å²) in [6.45, 7) is 4.29. The highest BCUT2D eigenvalue weighted by Crippen LogP contribution is 2.36. The van der Waals surface area contributed by atoms with Crippen LogP contribution in [0.1, 0.15) is 48.4 Å². The molecule has 0 radical (unpaired) electrons. The lowest BCUT2D eigenvalue weighted by Crippen LogP contribution is -2.34. The highest BCUT2D eigenvalue weighted by atomic mass is 19.1. The molecule has 2 aliphatic rings. The van der Waals surface area contributed by atoms with Gasteiger partial charge in [-0.05, 0) is 92.6 Å². The lowest BCUT2D eigenvalue weighted by Gasteiger charge is -2.36. The Bertz CT molecular complexity index is 975. The Morgan fingerprint density at radius 3 is 2.77 bits per heavy atom. The molecule has 2 aromatic carbocycles. The smallest absolute Gasteiger partial charge is 0.123 e. The molecule has 0 amide bonds. The predicted octanol–water partition coefficient (Wildman–Crippen LogP) is 4.31.